The second-order valence-electron chi connectivity index (χ2n) is 4.20. The molecule has 2 aromatic heterocycles. The molecule has 0 bridgehead atoms. The molecule has 0 amide bonds. The van der Waals surface area contributed by atoms with E-state index in [0.29, 0.717) is 12.1 Å². The fourth-order valence-corrected chi connectivity index (χ4v) is 1.92. The molecule has 3 rings (SSSR count). The summed E-state index contributed by atoms with van der Waals surface area (Å²) >= 11 is 0. The van der Waals surface area contributed by atoms with Gasteiger partial charge >= 0.3 is 0 Å². The highest BCUT2D eigenvalue weighted by atomic mass is 14.8. The molecule has 0 fully saturated rings. The first-order valence-electron chi connectivity index (χ1n) is 5.90. The summed E-state index contributed by atoms with van der Waals surface area (Å²) in [6.07, 6.45) is 5.58. The molecule has 0 saturated carbocycles. The molecule has 0 aliphatic carbocycles. The van der Waals surface area contributed by atoms with Gasteiger partial charge in [-0.3, -0.25) is 9.97 Å². The monoisotopic (exact) mass is 246 g/mol. The Morgan fingerprint density at radius 2 is 1.68 bits per heavy atom. The van der Waals surface area contributed by atoms with Crippen LogP contribution in [0.1, 0.15) is 17.1 Å². The largest absolute Gasteiger partial charge is 0.260 e. The Labute approximate surface area is 110 Å². The molecule has 0 unspecified atom stereocenters. The van der Waals surface area contributed by atoms with E-state index in [0.717, 1.165) is 22.2 Å². The van der Waals surface area contributed by atoms with Crippen LogP contribution in [0.4, 0.5) is 0 Å². The predicted molar refractivity (Wildman–Crippen MR) is 71.3 cm³/mol. The van der Waals surface area contributed by atoms with E-state index in [2.05, 4.69) is 27.1 Å². The summed E-state index contributed by atoms with van der Waals surface area (Å²) in [6, 6.07) is 12.1. The summed E-state index contributed by atoms with van der Waals surface area (Å²) in [5.74, 6) is 0. The van der Waals surface area contributed by atoms with Gasteiger partial charge in [-0.15, -0.1) is 0 Å². The van der Waals surface area contributed by atoms with Crippen LogP contribution in [0.5, 0.6) is 0 Å². The summed E-state index contributed by atoms with van der Waals surface area (Å²) in [6.45, 7) is 0. The van der Waals surface area contributed by atoms with Crippen molar-refractivity contribution in [3.05, 3.63) is 66.0 Å². The van der Waals surface area contributed by atoms with Crippen LogP contribution in [0.15, 0.2) is 48.9 Å². The molecule has 0 spiro atoms. The van der Waals surface area contributed by atoms with Crippen LogP contribution < -0.4 is 0 Å². The molecule has 19 heavy (non-hydrogen) atoms. The van der Waals surface area contributed by atoms with Gasteiger partial charge in [0.2, 0.25) is 0 Å². The van der Waals surface area contributed by atoms with Crippen LogP contribution in [0, 0.1) is 11.3 Å². The van der Waals surface area contributed by atoms with Crippen LogP contribution in [-0.4, -0.2) is 15.0 Å². The van der Waals surface area contributed by atoms with Gasteiger partial charge in [0.05, 0.1) is 18.1 Å². The molecule has 0 N–H and O–H groups in total. The fourth-order valence-electron chi connectivity index (χ4n) is 1.92. The summed E-state index contributed by atoms with van der Waals surface area (Å²) in [7, 11) is 0. The molecule has 0 aliphatic rings. The van der Waals surface area contributed by atoms with Gasteiger partial charge in [0.1, 0.15) is 6.07 Å². The number of nitriles is 1. The van der Waals surface area contributed by atoms with Gasteiger partial charge in [0, 0.05) is 23.7 Å². The van der Waals surface area contributed by atoms with Crippen molar-refractivity contribution < 1.29 is 0 Å². The second kappa shape index (κ2) is 4.83. The number of pyridine rings is 1. The van der Waals surface area contributed by atoms with Gasteiger partial charge in [-0.25, -0.2) is 4.98 Å². The van der Waals surface area contributed by atoms with Gasteiger partial charge < -0.3 is 0 Å². The van der Waals surface area contributed by atoms with Crippen LogP contribution in [-0.2, 0) is 6.42 Å². The number of rotatable bonds is 2. The van der Waals surface area contributed by atoms with Gasteiger partial charge in [0.15, 0.2) is 5.69 Å². The molecule has 4 nitrogen and oxygen atoms in total. The first-order valence-corrected chi connectivity index (χ1v) is 5.90. The van der Waals surface area contributed by atoms with E-state index in [-0.39, 0.29) is 0 Å². The third kappa shape index (κ3) is 2.40. The number of hydrogen-bond acceptors (Lipinski definition) is 4. The van der Waals surface area contributed by atoms with Gasteiger partial charge in [-0.1, -0.05) is 24.3 Å². The Morgan fingerprint density at radius 3 is 2.42 bits per heavy atom. The summed E-state index contributed by atoms with van der Waals surface area (Å²) in [5.41, 5.74) is 2.08. The Bertz CT molecular complexity index is 757. The molecule has 0 atom stereocenters. The van der Waals surface area contributed by atoms with Crippen LogP contribution in [0.3, 0.4) is 0 Å². The lowest BCUT2D eigenvalue weighted by Crippen LogP contribution is -1.97. The first-order chi connectivity index (χ1) is 9.35. The SMILES string of the molecule is N#Cc1cnc(Cc2cc3ccccc3cn2)cn1. The summed E-state index contributed by atoms with van der Waals surface area (Å²) in [4.78, 5) is 12.6. The quantitative estimate of drug-likeness (QED) is 0.697. The van der Waals surface area contributed by atoms with Crippen molar-refractivity contribution in [2.75, 3.05) is 0 Å². The number of fused-ring (bicyclic) bond motifs is 1. The molecule has 0 radical (unpaired) electrons. The standard InChI is InChI=1S/C15H10N4/c16-7-15-10-18-14(9-19-15)6-13-5-11-3-1-2-4-12(11)8-17-13/h1-5,8-10H,6H2. The number of nitrogens with zero attached hydrogens (tertiary/aromatic N) is 4. The minimum absolute atomic E-state index is 0.329. The van der Waals surface area contributed by atoms with Gasteiger partial charge in [-0.05, 0) is 11.5 Å². The molecular formula is C15H10N4. The normalized spacial score (nSPS) is 10.3. The Balaban J connectivity index is 1.90. The third-order valence-electron chi connectivity index (χ3n) is 2.87. The number of aromatic nitrogens is 3. The highest BCUT2D eigenvalue weighted by Gasteiger charge is 2.02. The van der Waals surface area contributed by atoms with Gasteiger partial charge in [0.25, 0.3) is 0 Å². The van der Waals surface area contributed by atoms with E-state index in [1.165, 1.54) is 6.20 Å². The topological polar surface area (TPSA) is 62.5 Å². The van der Waals surface area contributed by atoms with E-state index in [9.17, 15) is 0 Å². The average molecular weight is 246 g/mol. The zero-order valence-corrected chi connectivity index (χ0v) is 10.1. The van der Waals surface area contributed by atoms with Crippen molar-refractivity contribution in [3.8, 4) is 6.07 Å². The molecule has 0 saturated heterocycles. The van der Waals surface area contributed by atoms with Crippen LogP contribution >= 0.6 is 0 Å². The number of benzene rings is 1. The zero-order chi connectivity index (χ0) is 13.1. The maximum absolute atomic E-state index is 8.67. The Hall–Kier alpha value is -2.80. The average Bonchev–Trinajstić information content (AvgIpc) is 2.48. The van der Waals surface area contributed by atoms with Crippen molar-refractivity contribution >= 4 is 10.8 Å². The van der Waals surface area contributed by atoms with Crippen molar-refractivity contribution in [3.63, 3.8) is 0 Å². The van der Waals surface area contributed by atoms with E-state index >= 15 is 0 Å². The minimum Gasteiger partial charge on any atom is -0.260 e. The Morgan fingerprint density at radius 1 is 0.895 bits per heavy atom. The lowest BCUT2D eigenvalue weighted by Gasteiger charge is -2.02. The highest BCUT2D eigenvalue weighted by Crippen LogP contribution is 2.14. The lowest BCUT2D eigenvalue weighted by molar-refractivity contribution is 0.984. The van der Waals surface area contributed by atoms with Gasteiger partial charge in [-0.2, -0.15) is 5.26 Å². The maximum atomic E-state index is 8.67. The fraction of sp³-hybridized carbons (Fsp3) is 0.0667. The smallest absolute Gasteiger partial charge is 0.158 e. The second-order valence-corrected chi connectivity index (χ2v) is 4.20. The van der Waals surface area contributed by atoms with E-state index in [1.54, 1.807) is 6.20 Å². The van der Waals surface area contributed by atoms with Crippen molar-refractivity contribution in [1.82, 2.24) is 15.0 Å². The molecule has 0 aliphatic heterocycles. The van der Waals surface area contributed by atoms with Crippen LogP contribution in [0.2, 0.25) is 0 Å². The molecule has 4 heteroatoms. The van der Waals surface area contributed by atoms with Crippen molar-refractivity contribution in [1.29, 1.82) is 5.26 Å². The maximum Gasteiger partial charge on any atom is 0.158 e. The predicted octanol–water partition coefficient (Wildman–Crippen LogP) is 2.49. The minimum atomic E-state index is 0.329. The highest BCUT2D eigenvalue weighted by molar-refractivity contribution is 5.81. The lowest BCUT2D eigenvalue weighted by atomic mass is 10.1. The molecule has 3 aromatic rings. The number of hydrogen-bond donors (Lipinski definition) is 0. The first kappa shape index (κ1) is 11.3. The van der Waals surface area contributed by atoms with Crippen molar-refractivity contribution in [2.24, 2.45) is 0 Å². The molecule has 2 heterocycles. The van der Waals surface area contributed by atoms with Crippen LogP contribution in [0.25, 0.3) is 10.8 Å². The Kier molecular flexibility index (Phi) is 2.87. The summed E-state index contributed by atoms with van der Waals surface area (Å²) in [5, 5.41) is 11.0. The van der Waals surface area contributed by atoms with E-state index < -0.39 is 0 Å². The summed E-state index contributed by atoms with van der Waals surface area (Å²) < 4.78 is 0. The molecular weight excluding hydrogens is 236 g/mol. The molecule has 1 aromatic carbocycles. The molecule has 90 valence electrons. The van der Waals surface area contributed by atoms with Crippen molar-refractivity contribution in [2.45, 2.75) is 6.42 Å². The third-order valence-corrected chi connectivity index (χ3v) is 2.87. The van der Waals surface area contributed by atoms with E-state index in [4.69, 9.17) is 5.26 Å². The van der Waals surface area contributed by atoms with E-state index in [1.807, 2.05) is 30.5 Å². The zero-order valence-electron chi connectivity index (χ0n) is 10.1.